The molecule has 1 N–H and O–H groups in total. The molecule has 0 bridgehead atoms. The van der Waals surface area contributed by atoms with Gasteiger partial charge in [-0.1, -0.05) is 51.7 Å². The molecule has 0 unspecified atom stereocenters. The predicted octanol–water partition coefficient (Wildman–Crippen LogP) is 5.06. The van der Waals surface area contributed by atoms with Crippen molar-refractivity contribution in [1.82, 2.24) is 5.32 Å². The van der Waals surface area contributed by atoms with Crippen molar-refractivity contribution in [2.24, 2.45) is 5.92 Å². The van der Waals surface area contributed by atoms with Gasteiger partial charge in [-0.15, -0.1) is 0 Å². The van der Waals surface area contributed by atoms with E-state index in [2.05, 4.69) is 36.5 Å². The zero-order valence-corrected chi connectivity index (χ0v) is 15.4. The van der Waals surface area contributed by atoms with E-state index in [1.807, 2.05) is 6.92 Å². The average Bonchev–Trinajstić information content (AvgIpc) is 3.36. The van der Waals surface area contributed by atoms with Gasteiger partial charge >= 0.3 is 0 Å². The van der Waals surface area contributed by atoms with E-state index in [9.17, 15) is 4.79 Å². The van der Waals surface area contributed by atoms with Gasteiger partial charge in [0.1, 0.15) is 5.75 Å². The highest BCUT2D eigenvalue weighted by atomic mass is 16.5. The number of ether oxygens (including phenoxy) is 1. The molecule has 2 rings (SSSR count). The number of hydrogen-bond acceptors (Lipinski definition) is 2. The minimum atomic E-state index is 0.184. The summed E-state index contributed by atoms with van der Waals surface area (Å²) in [6.07, 6.45) is 9.05. The lowest BCUT2D eigenvalue weighted by molar-refractivity contribution is -0.121. The van der Waals surface area contributed by atoms with Crippen LogP contribution in [0.1, 0.15) is 76.7 Å². The average molecular weight is 332 g/mol. The Labute approximate surface area is 147 Å². The molecule has 1 aliphatic carbocycles. The standard InChI is InChI=1S/C21H33NO2/c1-3-5-6-7-8-13-24-19-12-9-11-17(14-19)20-15-18(20)16-22-21(23)10-4-2/h9,11-12,14,18,20H,3-8,10,13,15-16H2,1-2H3,(H,22,23)/t18-,20-/m0/s1. The summed E-state index contributed by atoms with van der Waals surface area (Å²) in [5.74, 6) is 2.35. The number of benzene rings is 1. The van der Waals surface area contributed by atoms with E-state index < -0.39 is 0 Å². The second-order valence-electron chi connectivity index (χ2n) is 6.99. The Morgan fingerprint density at radius 1 is 1.17 bits per heavy atom. The van der Waals surface area contributed by atoms with Crippen molar-refractivity contribution >= 4 is 5.91 Å². The van der Waals surface area contributed by atoms with Crippen LogP contribution in [0.3, 0.4) is 0 Å². The summed E-state index contributed by atoms with van der Waals surface area (Å²) in [4.78, 5) is 11.6. The maximum Gasteiger partial charge on any atom is 0.219 e. The highest BCUT2D eigenvalue weighted by Gasteiger charge is 2.38. The van der Waals surface area contributed by atoms with Gasteiger partial charge in [0, 0.05) is 13.0 Å². The van der Waals surface area contributed by atoms with Gasteiger partial charge in [0.25, 0.3) is 0 Å². The molecule has 0 saturated heterocycles. The minimum absolute atomic E-state index is 0.184. The summed E-state index contributed by atoms with van der Waals surface area (Å²) < 4.78 is 5.90. The fourth-order valence-electron chi connectivity index (χ4n) is 3.17. The Hall–Kier alpha value is -1.51. The maximum atomic E-state index is 11.6. The summed E-state index contributed by atoms with van der Waals surface area (Å²) in [5.41, 5.74) is 1.35. The van der Waals surface area contributed by atoms with E-state index in [0.29, 0.717) is 18.3 Å². The van der Waals surface area contributed by atoms with Crippen LogP contribution in [0.4, 0.5) is 0 Å². The van der Waals surface area contributed by atoms with Crippen LogP contribution < -0.4 is 10.1 Å². The SMILES string of the molecule is CCCCCCCOc1cccc([C@@H]2C[C@H]2CNC(=O)CCC)c1. The number of carbonyl (C=O) groups is 1. The first-order valence-corrected chi connectivity index (χ1v) is 9.74. The Balaban J connectivity index is 1.68. The van der Waals surface area contributed by atoms with Crippen molar-refractivity contribution in [2.45, 2.75) is 71.1 Å². The molecule has 134 valence electrons. The van der Waals surface area contributed by atoms with Gasteiger partial charge in [-0.3, -0.25) is 4.79 Å². The number of amides is 1. The fourth-order valence-corrected chi connectivity index (χ4v) is 3.17. The van der Waals surface area contributed by atoms with E-state index in [4.69, 9.17) is 4.74 Å². The van der Waals surface area contributed by atoms with E-state index >= 15 is 0 Å². The quantitative estimate of drug-likeness (QED) is 0.544. The molecule has 0 aromatic heterocycles. The number of unbranched alkanes of at least 4 members (excludes halogenated alkanes) is 4. The van der Waals surface area contributed by atoms with Gasteiger partial charge in [-0.25, -0.2) is 0 Å². The summed E-state index contributed by atoms with van der Waals surface area (Å²) in [6.45, 7) is 5.90. The molecule has 0 spiro atoms. The smallest absolute Gasteiger partial charge is 0.219 e. The summed E-state index contributed by atoms with van der Waals surface area (Å²) in [5, 5.41) is 3.05. The Kier molecular flexibility index (Phi) is 8.14. The first-order chi connectivity index (χ1) is 11.7. The normalized spacial score (nSPS) is 19.1. The lowest BCUT2D eigenvalue weighted by Crippen LogP contribution is -2.25. The van der Waals surface area contributed by atoms with Crippen molar-refractivity contribution in [3.8, 4) is 5.75 Å². The van der Waals surface area contributed by atoms with Crippen LogP contribution in [-0.2, 0) is 4.79 Å². The van der Waals surface area contributed by atoms with E-state index in [1.54, 1.807) is 0 Å². The van der Waals surface area contributed by atoms with Crippen molar-refractivity contribution < 1.29 is 9.53 Å². The number of nitrogens with one attached hydrogen (secondary N) is 1. The van der Waals surface area contributed by atoms with Gasteiger partial charge in [-0.05, 0) is 48.8 Å². The van der Waals surface area contributed by atoms with Crippen molar-refractivity contribution in [2.75, 3.05) is 13.2 Å². The van der Waals surface area contributed by atoms with Crippen LogP contribution >= 0.6 is 0 Å². The molecular weight excluding hydrogens is 298 g/mol. The molecule has 0 aliphatic heterocycles. The van der Waals surface area contributed by atoms with Gasteiger partial charge in [0.05, 0.1) is 6.61 Å². The van der Waals surface area contributed by atoms with Crippen LogP contribution in [0.5, 0.6) is 5.75 Å². The molecule has 0 radical (unpaired) electrons. The number of hydrogen-bond donors (Lipinski definition) is 1. The summed E-state index contributed by atoms with van der Waals surface area (Å²) >= 11 is 0. The largest absolute Gasteiger partial charge is 0.494 e. The molecule has 1 aliphatic rings. The molecule has 1 saturated carbocycles. The van der Waals surface area contributed by atoms with E-state index in [0.717, 1.165) is 31.7 Å². The highest BCUT2D eigenvalue weighted by Crippen LogP contribution is 2.47. The van der Waals surface area contributed by atoms with Crippen LogP contribution in [-0.4, -0.2) is 19.1 Å². The Bertz CT molecular complexity index is 500. The zero-order valence-electron chi connectivity index (χ0n) is 15.4. The van der Waals surface area contributed by atoms with Crippen molar-refractivity contribution in [3.05, 3.63) is 29.8 Å². The van der Waals surface area contributed by atoms with Gasteiger partial charge < -0.3 is 10.1 Å². The maximum absolute atomic E-state index is 11.6. The monoisotopic (exact) mass is 331 g/mol. The second kappa shape index (κ2) is 10.4. The Morgan fingerprint density at radius 3 is 2.79 bits per heavy atom. The van der Waals surface area contributed by atoms with E-state index in [-0.39, 0.29) is 5.91 Å². The third-order valence-electron chi connectivity index (χ3n) is 4.76. The fraction of sp³-hybridized carbons (Fsp3) is 0.667. The molecule has 2 atom stereocenters. The minimum Gasteiger partial charge on any atom is -0.494 e. The lowest BCUT2D eigenvalue weighted by Gasteiger charge is -2.08. The third kappa shape index (κ3) is 6.54. The van der Waals surface area contributed by atoms with E-state index in [1.165, 1.54) is 37.7 Å². The molecular formula is C21H33NO2. The van der Waals surface area contributed by atoms with Crippen LogP contribution in [0, 0.1) is 5.92 Å². The molecule has 0 heterocycles. The number of rotatable bonds is 12. The molecule has 1 aromatic carbocycles. The molecule has 3 heteroatoms. The van der Waals surface area contributed by atoms with Gasteiger partial charge in [0.2, 0.25) is 5.91 Å². The van der Waals surface area contributed by atoms with Crippen molar-refractivity contribution in [1.29, 1.82) is 0 Å². The third-order valence-corrected chi connectivity index (χ3v) is 4.76. The topological polar surface area (TPSA) is 38.3 Å². The summed E-state index contributed by atoms with van der Waals surface area (Å²) in [6, 6.07) is 8.51. The van der Waals surface area contributed by atoms with Gasteiger partial charge in [-0.2, -0.15) is 0 Å². The predicted molar refractivity (Wildman–Crippen MR) is 99.5 cm³/mol. The van der Waals surface area contributed by atoms with Crippen LogP contribution in [0.25, 0.3) is 0 Å². The van der Waals surface area contributed by atoms with Crippen LogP contribution in [0.15, 0.2) is 24.3 Å². The summed E-state index contributed by atoms with van der Waals surface area (Å²) in [7, 11) is 0. The number of carbonyl (C=O) groups excluding carboxylic acids is 1. The molecule has 1 aromatic rings. The zero-order chi connectivity index (χ0) is 17.2. The Morgan fingerprint density at radius 2 is 2.00 bits per heavy atom. The molecule has 1 fully saturated rings. The molecule has 3 nitrogen and oxygen atoms in total. The molecule has 24 heavy (non-hydrogen) atoms. The first-order valence-electron chi connectivity index (χ1n) is 9.74. The first kappa shape index (κ1) is 18.8. The van der Waals surface area contributed by atoms with Crippen LogP contribution in [0.2, 0.25) is 0 Å². The lowest BCUT2D eigenvalue weighted by atomic mass is 10.1. The van der Waals surface area contributed by atoms with Gasteiger partial charge in [0.15, 0.2) is 0 Å². The molecule has 1 amide bonds. The van der Waals surface area contributed by atoms with Crippen molar-refractivity contribution in [3.63, 3.8) is 0 Å². The second-order valence-corrected chi connectivity index (χ2v) is 6.99. The highest BCUT2D eigenvalue weighted by molar-refractivity contribution is 5.75.